The second-order valence-corrected chi connectivity index (χ2v) is 9.85. The van der Waals surface area contributed by atoms with Crippen molar-refractivity contribution < 1.29 is 28.2 Å². The molecule has 0 saturated carbocycles. The molecule has 0 bridgehead atoms. The van der Waals surface area contributed by atoms with E-state index in [4.69, 9.17) is 9.26 Å². The average molecular weight is 438 g/mol. The number of nitrogens with zero attached hydrogens (tertiary/aromatic N) is 3. The normalized spacial score (nSPS) is 21.8. The summed E-state index contributed by atoms with van der Waals surface area (Å²) in [4.78, 5) is 22.8. The van der Waals surface area contributed by atoms with Crippen LogP contribution in [0.3, 0.4) is 0 Å². The minimum atomic E-state index is -2.79. The van der Waals surface area contributed by atoms with Crippen molar-refractivity contribution in [3.8, 4) is 0 Å². The van der Waals surface area contributed by atoms with Crippen LogP contribution >= 0.6 is 7.37 Å². The number of carbonyl (C=O) groups is 1. The number of hydrogen-bond donors (Lipinski definition) is 1. The van der Waals surface area contributed by atoms with Crippen LogP contribution in [0.5, 0.6) is 0 Å². The van der Waals surface area contributed by atoms with Gasteiger partial charge in [0.05, 0.1) is 23.3 Å². The molecular weight excluding hydrogens is 415 g/mol. The van der Waals surface area contributed by atoms with E-state index < -0.39 is 18.3 Å². The summed E-state index contributed by atoms with van der Waals surface area (Å²) in [6.45, 7) is 3.74. The van der Waals surface area contributed by atoms with Gasteiger partial charge in [0.15, 0.2) is 5.52 Å². The topological polar surface area (TPSA) is 147 Å². The van der Waals surface area contributed by atoms with Crippen molar-refractivity contribution >= 4 is 35.7 Å². The summed E-state index contributed by atoms with van der Waals surface area (Å²) in [5, 5.41) is 21.6. The summed E-state index contributed by atoms with van der Waals surface area (Å²) in [6, 6.07) is 2.90. The molecule has 1 aromatic carbocycles. The Hall–Kier alpha value is -2.94. The van der Waals surface area contributed by atoms with E-state index in [0.717, 1.165) is 0 Å². The van der Waals surface area contributed by atoms with Gasteiger partial charge in [-0.3, -0.25) is 14.7 Å². The summed E-state index contributed by atoms with van der Waals surface area (Å²) in [5.74, 6) is -0.257. The van der Waals surface area contributed by atoms with E-state index in [1.807, 2.05) is 0 Å². The fourth-order valence-electron chi connectivity index (χ4n) is 3.63. The van der Waals surface area contributed by atoms with Gasteiger partial charge in [-0.25, -0.2) is 9.42 Å². The number of nitro benzene ring substituents is 1. The molecule has 11 nitrogen and oxygen atoms in total. The molecule has 30 heavy (non-hydrogen) atoms. The van der Waals surface area contributed by atoms with Crippen molar-refractivity contribution in [2.75, 3.05) is 31.8 Å². The number of rotatable bonds is 7. The van der Waals surface area contributed by atoms with E-state index in [9.17, 15) is 19.5 Å². The maximum atomic E-state index is 12.5. The Morgan fingerprint density at radius 1 is 1.40 bits per heavy atom. The van der Waals surface area contributed by atoms with Gasteiger partial charge in [-0.15, -0.1) is 0 Å². The van der Waals surface area contributed by atoms with Crippen LogP contribution in [0.1, 0.15) is 26.2 Å². The largest absolute Gasteiger partial charge is 0.466 e. The highest BCUT2D eigenvalue weighted by atomic mass is 31.2. The quantitative estimate of drug-likeness (QED) is 0.223. The number of nitro groups is 1. The summed E-state index contributed by atoms with van der Waals surface area (Å²) in [7, 11) is -1.48. The number of carbonyl (C=O) groups excluding carboxylic acids is 1. The molecule has 1 aliphatic rings. The second-order valence-electron chi connectivity index (χ2n) is 7.20. The molecule has 3 rings (SSSR count). The summed E-state index contributed by atoms with van der Waals surface area (Å²) in [6.07, 6.45) is 2.27. The van der Waals surface area contributed by atoms with Crippen molar-refractivity contribution in [2.45, 2.75) is 26.2 Å². The lowest BCUT2D eigenvalue weighted by atomic mass is 9.90. The number of hydrogen-bond acceptors (Lipinski definition) is 10. The Morgan fingerprint density at radius 2 is 2.13 bits per heavy atom. The van der Waals surface area contributed by atoms with Gasteiger partial charge in [0, 0.05) is 25.4 Å². The van der Waals surface area contributed by atoms with Gasteiger partial charge < -0.3 is 14.6 Å². The van der Waals surface area contributed by atoms with Crippen molar-refractivity contribution in [1.29, 1.82) is 0 Å². The first-order valence-electron chi connectivity index (χ1n) is 9.42. The lowest BCUT2D eigenvalue weighted by Gasteiger charge is -2.17. The molecule has 1 aromatic heterocycles. The zero-order valence-corrected chi connectivity index (χ0v) is 17.8. The molecule has 0 fully saturated rings. The van der Waals surface area contributed by atoms with Gasteiger partial charge in [-0.05, 0) is 48.5 Å². The number of methoxy groups -OCH3 is 1. The lowest BCUT2D eigenvalue weighted by Crippen LogP contribution is -2.17. The van der Waals surface area contributed by atoms with Gasteiger partial charge in [0.2, 0.25) is 12.9 Å². The summed E-state index contributed by atoms with van der Waals surface area (Å²) in [5.41, 5.74) is 1.18. The number of benzene rings is 1. The fourth-order valence-corrected chi connectivity index (χ4v) is 5.18. The van der Waals surface area contributed by atoms with Gasteiger partial charge in [-0.2, -0.15) is 0 Å². The van der Waals surface area contributed by atoms with Crippen LogP contribution in [0.15, 0.2) is 28.1 Å². The standard InChI is InChI=1S/C18H23N4O7P/c1-11-15(18(23)27-2)12(8-10-30(3,26)28-11)5-4-9-19-13-6-7-14(22(24)25)17-16(13)20-29-21-17/h6-7,12,19H,4-5,8-10H2,1-3H3. The number of fused-ring (bicyclic) bond motifs is 1. The molecule has 1 N–H and O–H groups in total. The molecule has 2 atom stereocenters. The zero-order chi connectivity index (χ0) is 21.9. The highest BCUT2D eigenvalue weighted by Crippen LogP contribution is 2.50. The molecule has 2 aromatic rings. The predicted octanol–water partition coefficient (Wildman–Crippen LogP) is 3.71. The van der Waals surface area contributed by atoms with Gasteiger partial charge in [0.1, 0.15) is 5.76 Å². The van der Waals surface area contributed by atoms with E-state index in [2.05, 4.69) is 20.3 Å². The first-order chi connectivity index (χ1) is 14.2. The van der Waals surface area contributed by atoms with Crippen molar-refractivity contribution in [2.24, 2.45) is 5.92 Å². The third-order valence-electron chi connectivity index (χ3n) is 5.04. The maximum absolute atomic E-state index is 12.5. The molecule has 0 amide bonds. The van der Waals surface area contributed by atoms with E-state index >= 15 is 0 Å². The third-order valence-corrected chi connectivity index (χ3v) is 6.77. The number of non-ortho nitro benzene ring substituents is 1. The fraction of sp³-hybridized carbons (Fsp3) is 0.500. The third kappa shape index (κ3) is 4.62. The van der Waals surface area contributed by atoms with Crippen LogP contribution in [-0.4, -0.2) is 47.7 Å². The molecule has 0 aliphatic carbocycles. The molecule has 0 spiro atoms. The molecule has 2 unspecified atom stereocenters. The Kier molecular flexibility index (Phi) is 6.40. The molecule has 0 radical (unpaired) electrons. The average Bonchev–Trinajstić information content (AvgIpc) is 3.13. The monoisotopic (exact) mass is 438 g/mol. The molecule has 0 saturated heterocycles. The van der Waals surface area contributed by atoms with E-state index in [1.165, 1.54) is 13.2 Å². The first kappa shape index (κ1) is 21.8. The number of allylic oxidation sites excluding steroid dienone is 1. The molecule has 162 valence electrons. The van der Waals surface area contributed by atoms with E-state index in [-0.39, 0.29) is 22.6 Å². The lowest BCUT2D eigenvalue weighted by molar-refractivity contribution is -0.383. The zero-order valence-electron chi connectivity index (χ0n) is 16.9. The highest BCUT2D eigenvalue weighted by molar-refractivity contribution is 7.58. The van der Waals surface area contributed by atoms with E-state index in [1.54, 1.807) is 19.7 Å². The molecule has 2 heterocycles. The first-order valence-corrected chi connectivity index (χ1v) is 11.7. The van der Waals surface area contributed by atoms with Crippen LogP contribution in [0.4, 0.5) is 11.4 Å². The van der Waals surface area contributed by atoms with Crippen LogP contribution in [0.2, 0.25) is 0 Å². The smallest absolute Gasteiger partial charge is 0.337 e. The second kappa shape index (κ2) is 8.83. The van der Waals surface area contributed by atoms with Gasteiger partial charge in [-0.1, -0.05) is 0 Å². The van der Waals surface area contributed by atoms with Crippen LogP contribution in [0, 0.1) is 16.0 Å². The SMILES string of the molecule is COC(=O)C1=C(C)OP(C)(=O)CCC1CCCNc1ccc([N+](=O)[O-])c2nonc12. The van der Waals surface area contributed by atoms with Crippen molar-refractivity contribution in [3.63, 3.8) is 0 Å². The van der Waals surface area contributed by atoms with Crippen LogP contribution in [0.25, 0.3) is 11.0 Å². The number of anilines is 1. The summed E-state index contributed by atoms with van der Waals surface area (Å²) >= 11 is 0. The number of aromatic nitrogens is 2. The maximum Gasteiger partial charge on any atom is 0.337 e. The van der Waals surface area contributed by atoms with Crippen molar-refractivity contribution in [3.05, 3.63) is 33.6 Å². The Balaban J connectivity index is 1.68. The van der Waals surface area contributed by atoms with Gasteiger partial charge >= 0.3 is 11.7 Å². The molecular formula is C18H23N4O7P. The highest BCUT2D eigenvalue weighted by Gasteiger charge is 2.33. The Labute approximate surface area is 172 Å². The number of esters is 1. The minimum Gasteiger partial charge on any atom is -0.466 e. The predicted molar refractivity (Wildman–Crippen MR) is 108 cm³/mol. The Bertz CT molecular complexity index is 1050. The van der Waals surface area contributed by atoms with E-state index in [0.29, 0.717) is 49.0 Å². The summed E-state index contributed by atoms with van der Waals surface area (Å²) < 4.78 is 27.6. The molecule has 12 heteroatoms. The number of nitrogens with one attached hydrogen (secondary N) is 1. The van der Waals surface area contributed by atoms with Crippen LogP contribution in [-0.2, 0) is 18.6 Å². The van der Waals surface area contributed by atoms with Gasteiger partial charge in [0.25, 0.3) is 0 Å². The molecule has 1 aliphatic heterocycles. The number of ether oxygens (including phenoxy) is 1. The Morgan fingerprint density at radius 3 is 2.83 bits per heavy atom. The minimum absolute atomic E-state index is 0.0798. The van der Waals surface area contributed by atoms with Crippen molar-refractivity contribution in [1.82, 2.24) is 10.3 Å². The van der Waals surface area contributed by atoms with Crippen LogP contribution < -0.4 is 5.32 Å².